The van der Waals surface area contributed by atoms with Gasteiger partial charge >= 0.3 is 0 Å². The summed E-state index contributed by atoms with van der Waals surface area (Å²) in [5.41, 5.74) is 2.40. The molecule has 0 radical (unpaired) electrons. The Balaban J connectivity index is 1.71. The van der Waals surface area contributed by atoms with E-state index in [2.05, 4.69) is 23.1 Å². The molecule has 0 N–H and O–H groups in total. The Morgan fingerprint density at radius 3 is 2.83 bits per heavy atom. The molecule has 2 heterocycles. The average molecular weight is 318 g/mol. The van der Waals surface area contributed by atoms with Crippen molar-refractivity contribution in [2.75, 3.05) is 40.0 Å². The number of rotatable bonds is 4. The lowest BCUT2D eigenvalue weighted by Gasteiger charge is -2.26. The first-order valence-electron chi connectivity index (χ1n) is 8.50. The maximum absolute atomic E-state index is 12.1. The summed E-state index contributed by atoms with van der Waals surface area (Å²) in [5, 5.41) is 0. The number of nitrogens with zero attached hydrogens (tertiary/aromatic N) is 2. The van der Waals surface area contributed by atoms with E-state index >= 15 is 0 Å². The minimum Gasteiger partial charge on any atom is -0.491 e. The third kappa shape index (κ3) is 4.24. The van der Waals surface area contributed by atoms with E-state index in [4.69, 9.17) is 9.47 Å². The van der Waals surface area contributed by atoms with Crippen molar-refractivity contribution in [3.05, 3.63) is 29.3 Å². The molecule has 1 amide bonds. The quantitative estimate of drug-likeness (QED) is 0.852. The third-order valence-electron chi connectivity index (χ3n) is 4.58. The molecule has 126 valence electrons. The molecule has 0 unspecified atom stereocenters. The van der Waals surface area contributed by atoms with Crippen LogP contribution in [0.25, 0.3) is 0 Å². The molecule has 2 aliphatic rings. The number of carbonyl (C=O) groups excluding carboxylic acids is 1. The first-order chi connectivity index (χ1) is 11.3. The highest BCUT2D eigenvalue weighted by atomic mass is 16.5. The van der Waals surface area contributed by atoms with Crippen LogP contribution in [0.15, 0.2) is 18.2 Å². The molecule has 3 rings (SSSR count). The lowest BCUT2D eigenvalue weighted by Crippen LogP contribution is -2.35. The minimum absolute atomic E-state index is 0.0189. The molecule has 23 heavy (non-hydrogen) atoms. The van der Waals surface area contributed by atoms with Crippen LogP contribution in [0.5, 0.6) is 5.75 Å². The first kappa shape index (κ1) is 16.3. The van der Waals surface area contributed by atoms with Gasteiger partial charge in [0.15, 0.2) is 0 Å². The Morgan fingerprint density at radius 1 is 1.22 bits per heavy atom. The van der Waals surface area contributed by atoms with Gasteiger partial charge in [-0.3, -0.25) is 9.69 Å². The second kappa shape index (κ2) is 7.79. The zero-order valence-corrected chi connectivity index (χ0v) is 13.9. The van der Waals surface area contributed by atoms with Crippen molar-refractivity contribution in [2.24, 2.45) is 0 Å². The van der Waals surface area contributed by atoms with Crippen LogP contribution < -0.4 is 4.74 Å². The van der Waals surface area contributed by atoms with Gasteiger partial charge in [-0.25, -0.2) is 0 Å². The fourth-order valence-electron chi connectivity index (χ4n) is 3.35. The van der Waals surface area contributed by atoms with Crippen LogP contribution >= 0.6 is 0 Å². The highest BCUT2D eigenvalue weighted by Gasteiger charge is 2.20. The van der Waals surface area contributed by atoms with Crippen LogP contribution in [0, 0.1) is 0 Å². The SMILES string of the molecule is COCC(=O)N1CCOc2ccc(CN3CCCCC3)cc2C1. The van der Waals surface area contributed by atoms with Crippen LogP contribution in [0.1, 0.15) is 30.4 Å². The number of benzene rings is 1. The van der Waals surface area contributed by atoms with Crippen molar-refractivity contribution in [3.8, 4) is 5.75 Å². The van der Waals surface area contributed by atoms with Gasteiger partial charge in [0.05, 0.1) is 6.54 Å². The van der Waals surface area contributed by atoms with Gasteiger partial charge in [0.2, 0.25) is 5.91 Å². The summed E-state index contributed by atoms with van der Waals surface area (Å²) in [6.07, 6.45) is 3.95. The number of amides is 1. The van der Waals surface area contributed by atoms with E-state index in [0.29, 0.717) is 19.7 Å². The molecular formula is C18H26N2O3. The van der Waals surface area contributed by atoms with E-state index in [9.17, 15) is 4.79 Å². The summed E-state index contributed by atoms with van der Waals surface area (Å²) >= 11 is 0. The number of piperidine rings is 1. The van der Waals surface area contributed by atoms with Crippen molar-refractivity contribution in [3.63, 3.8) is 0 Å². The smallest absolute Gasteiger partial charge is 0.248 e. The fraction of sp³-hybridized carbons (Fsp3) is 0.611. The number of fused-ring (bicyclic) bond motifs is 1. The molecule has 1 saturated heterocycles. The highest BCUT2D eigenvalue weighted by molar-refractivity contribution is 5.77. The third-order valence-corrected chi connectivity index (χ3v) is 4.58. The van der Waals surface area contributed by atoms with Crippen molar-refractivity contribution in [1.82, 2.24) is 9.80 Å². The first-order valence-corrected chi connectivity index (χ1v) is 8.50. The van der Waals surface area contributed by atoms with Gasteiger partial charge in [0.25, 0.3) is 0 Å². The number of hydrogen-bond acceptors (Lipinski definition) is 4. The van der Waals surface area contributed by atoms with Crippen LogP contribution in [-0.2, 0) is 22.6 Å². The van der Waals surface area contributed by atoms with E-state index in [0.717, 1.165) is 17.9 Å². The summed E-state index contributed by atoms with van der Waals surface area (Å²) in [5.74, 6) is 0.922. The van der Waals surface area contributed by atoms with E-state index < -0.39 is 0 Å². The lowest BCUT2D eigenvalue weighted by atomic mass is 10.1. The maximum Gasteiger partial charge on any atom is 0.248 e. The fourth-order valence-corrected chi connectivity index (χ4v) is 3.35. The molecule has 0 aliphatic carbocycles. The number of hydrogen-bond donors (Lipinski definition) is 0. The number of methoxy groups -OCH3 is 1. The van der Waals surface area contributed by atoms with E-state index in [1.165, 1.54) is 37.9 Å². The van der Waals surface area contributed by atoms with Crippen molar-refractivity contribution >= 4 is 5.91 Å². The number of ether oxygens (including phenoxy) is 2. The van der Waals surface area contributed by atoms with Gasteiger partial charge in [0.1, 0.15) is 19.0 Å². The Bertz CT molecular complexity index is 541. The Kier molecular flexibility index (Phi) is 5.51. The van der Waals surface area contributed by atoms with E-state index in [1.54, 1.807) is 7.11 Å². The van der Waals surface area contributed by atoms with Gasteiger partial charge in [-0.2, -0.15) is 0 Å². The molecule has 2 aliphatic heterocycles. The van der Waals surface area contributed by atoms with Crippen LogP contribution in [0.2, 0.25) is 0 Å². The zero-order chi connectivity index (χ0) is 16.1. The Morgan fingerprint density at radius 2 is 2.04 bits per heavy atom. The van der Waals surface area contributed by atoms with Gasteiger partial charge in [-0.15, -0.1) is 0 Å². The van der Waals surface area contributed by atoms with Gasteiger partial charge < -0.3 is 14.4 Å². The van der Waals surface area contributed by atoms with Gasteiger partial charge in [-0.05, 0) is 43.6 Å². The molecule has 0 aromatic heterocycles. The Hall–Kier alpha value is -1.59. The normalized spacial score (nSPS) is 18.9. The molecular weight excluding hydrogens is 292 g/mol. The molecule has 5 heteroatoms. The summed E-state index contributed by atoms with van der Waals surface area (Å²) in [4.78, 5) is 16.4. The number of carbonyl (C=O) groups is 1. The lowest BCUT2D eigenvalue weighted by molar-refractivity contribution is -0.135. The monoisotopic (exact) mass is 318 g/mol. The van der Waals surface area contributed by atoms with E-state index in [-0.39, 0.29) is 12.5 Å². The maximum atomic E-state index is 12.1. The van der Waals surface area contributed by atoms with Crippen LogP contribution in [-0.4, -0.2) is 55.7 Å². The topological polar surface area (TPSA) is 42.0 Å². The summed E-state index contributed by atoms with van der Waals surface area (Å²) in [7, 11) is 1.55. The molecule has 0 saturated carbocycles. The molecule has 1 aromatic rings. The standard InChI is InChI=1S/C18H26N2O3/c1-22-14-18(21)20-9-10-23-17-6-5-15(11-16(17)13-20)12-19-7-3-2-4-8-19/h5-6,11H,2-4,7-10,12-14H2,1H3. The molecule has 0 atom stereocenters. The summed E-state index contributed by atoms with van der Waals surface area (Å²) < 4.78 is 10.8. The average Bonchev–Trinajstić information content (AvgIpc) is 2.78. The largest absolute Gasteiger partial charge is 0.491 e. The van der Waals surface area contributed by atoms with Gasteiger partial charge in [-0.1, -0.05) is 12.5 Å². The summed E-state index contributed by atoms with van der Waals surface area (Å²) in [6, 6.07) is 6.40. The van der Waals surface area contributed by atoms with E-state index in [1.807, 2.05) is 4.90 Å². The van der Waals surface area contributed by atoms with Crippen molar-refractivity contribution < 1.29 is 14.3 Å². The molecule has 1 fully saturated rings. The van der Waals surface area contributed by atoms with Crippen molar-refractivity contribution in [1.29, 1.82) is 0 Å². The number of likely N-dealkylation sites (tertiary alicyclic amines) is 1. The predicted molar refractivity (Wildman–Crippen MR) is 88.4 cm³/mol. The highest BCUT2D eigenvalue weighted by Crippen LogP contribution is 2.25. The molecule has 0 bridgehead atoms. The second-order valence-electron chi connectivity index (χ2n) is 6.38. The van der Waals surface area contributed by atoms with Gasteiger partial charge in [0, 0.05) is 25.8 Å². The predicted octanol–water partition coefficient (Wildman–Crippen LogP) is 2.04. The second-order valence-corrected chi connectivity index (χ2v) is 6.38. The van der Waals surface area contributed by atoms with Crippen molar-refractivity contribution in [2.45, 2.75) is 32.4 Å². The van der Waals surface area contributed by atoms with Crippen LogP contribution in [0.3, 0.4) is 0 Å². The summed E-state index contributed by atoms with van der Waals surface area (Å²) in [6.45, 7) is 5.23. The Labute approximate surface area is 138 Å². The van der Waals surface area contributed by atoms with Crippen LogP contribution in [0.4, 0.5) is 0 Å². The molecule has 5 nitrogen and oxygen atoms in total. The molecule has 1 aromatic carbocycles. The minimum atomic E-state index is 0.0189. The zero-order valence-electron chi connectivity index (χ0n) is 13.9. The molecule has 0 spiro atoms.